The molecule has 1 amide bonds. The summed E-state index contributed by atoms with van der Waals surface area (Å²) in [4.78, 5) is 15.7. The number of rotatable bonds is 4. The van der Waals surface area contributed by atoms with Crippen molar-refractivity contribution in [3.63, 3.8) is 0 Å². The maximum atomic E-state index is 12.8. The lowest BCUT2D eigenvalue weighted by Gasteiger charge is -2.09. The van der Waals surface area contributed by atoms with Gasteiger partial charge in [-0.05, 0) is 30.3 Å². The molecular weight excluding hydrogens is 504 g/mol. The number of hydrogen-bond donors (Lipinski definition) is 1. The first-order valence-corrected chi connectivity index (χ1v) is 10.7. The number of carbonyl (C=O) groups excluding carboxylic acids is 1. The minimum atomic E-state index is -4.64. The normalized spacial score (nSPS) is 12.1. The van der Waals surface area contributed by atoms with Crippen LogP contribution in [0.2, 0.25) is 15.1 Å². The molecule has 0 unspecified atom stereocenters. The Bertz CT molecular complexity index is 1290. The fraction of sp³-hybridized carbons (Fsp3) is 0.118. The molecule has 0 spiro atoms. The summed E-state index contributed by atoms with van der Waals surface area (Å²) in [5, 5.41) is 3.47. The summed E-state index contributed by atoms with van der Waals surface area (Å²) in [7, 11) is -3.01. The largest absolute Gasteiger partial charge is 0.417 e. The zero-order valence-electron chi connectivity index (χ0n) is 15.2. The van der Waals surface area contributed by atoms with Gasteiger partial charge >= 0.3 is 6.18 Å². The molecule has 7 nitrogen and oxygen atoms in total. The number of nitrogens with one attached hydrogen (secondary N) is 1. The summed E-state index contributed by atoms with van der Waals surface area (Å²) >= 11 is 17.6. The van der Waals surface area contributed by atoms with Crippen molar-refractivity contribution in [3.8, 4) is 11.4 Å². The van der Waals surface area contributed by atoms with Crippen LogP contribution in [0.4, 0.5) is 13.2 Å². The van der Waals surface area contributed by atoms with Crippen molar-refractivity contribution < 1.29 is 26.4 Å². The second-order valence-electron chi connectivity index (χ2n) is 6.10. The van der Waals surface area contributed by atoms with Crippen LogP contribution in [-0.2, 0) is 23.2 Å². The Hall–Kier alpha value is -2.34. The van der Waals surface area contributed by atoms with Gasteiger partial charge in [-0.1, -0.05) is 34.8 Å². The van der Waals surface area contributed by atoms with Crippen LogP contribution in [0, 0.1) is 0 Å². The van der Waals surface area contributed by atoms with E-state index in [0.717, 1.165) is 16.8 Å². The predicted octanol–water partition coefficient (Wildman–Crippen LogP) is 4.58. The molecule has 1 N–H and O–H groups in total. The second kappa shape index (κ2) is 8.30. The number of nitrogens with zero attached hydrogens (tertiary/aromatic N) is 3. The van der Waals surface area contributed by atoms with E-state index < -0.39 is 32.6 Å². The Morgan fingerprint density at radius 2 is 1.77 bits per heavy atom. The van der Waals surface area contributed by atoms with Gasteiger partial charge in [-0.2, -0.15) is 18.3 Å². The van der Waals surface area contributed by atoms with Gasteiger partial charge in [-0.3, -0.25) is 14.5 Å². The molecule has 3 aromatic rings. The molecule has 31 heavy (non-hydrogen) atoms. The monoisotopic (exact) mass is 512 g/mol. The van der Waals surface area contributed by atoms with E-state index in [1.807, 2.05) is 0 Å². The van der Waals surface area contributed by atoms with Crippen molar-refractivity contribution in [1.82, 2.24) is 19.5 Å². The van der Waals surface area contributed by atoms with Crippen molar-refractivity contribution in [2.45, 2.75) is 11.1 Å². The third kappa shape index (κ3) is 4.95. The lowest BCUT2D eigenvalue weighted by molar-refractivity contribution is -0.137. The fourth-order valence-corrected chi connectivity index (χ4v) is 4.48. The van der Waals surface area contributed by atoms with Crippen molar-refractivity contribution in [3.05, 3.63) is 62.9 Å². The molecule has 0 radical (unpaired) electrons. The lowest BCUT2D eigenvalue weighted by atomic mass is 10.2. The number of aryl methyl sites for hydroxylation is 1. The predicted molar refractivity (Wildman–Crippen MR) is 108 cm³/mol. The Morgan fingerprint density at radius 3 is 2.39 bits per heavy atom. The zero-order chi connectivity index (χ0) is 23.1. The van der Waals surface area contributed by atoms with Crippen LogP contribution < -0.4 is 4.72 Å². The molecule has 164 valence electrons. The van der Waals surface area contributed by atoms with Gasteiger partial charge < -0.3 is 0 Å². The average Bonchev–Trinajstić information content (AvgIpc) is 3.04. The number of sulfonamides is 1. The third-order valence-electron chi connectivity index (χ3n) is 3.93. The first kappa shape index (κ1) is 23.3. The minimum Gasteiger partial charge on any atom is -0.266 e. The maximum Gasteiger partial charge on any atom is 0.417 e. The fourth-order valence-electron chi connectivity index (χ4n) is 2.49. The van der Waals surface area contributed by atoms with E-state index >= 15 is 0 Å². The SMILES string of the molecule is Cn1nc(C(=O)NS(=O)(=O)c2cc(Cl)ccc2Cl)cc1-c1ncc(C(F)(F)F)cc1Cl. The lowest BCUT2D eigenvalue weighted by Crippen LogP contribution is -2.31. The molecule has 0 bridgehead atoms. The van der Waals surface area contributed by atoms with E-state index in [9.17, 15) is 26.4 Å². The van der Waals surface area contributed by atoms with E-state index in [-0.39, 0.29) is 32.1 Å². The summed E-state index contributed by atoms with van der Waals surface area (Å²) in [6.45, 7) is 0. The Labute approximate surface area is 188 Å². The van der Waals surface area contributed by atoms with Crippen LogP contribution in [-0.4, -0.2) is 29.1 Å². The Balaban J connectivity index is 1.92. The minimum absolute atomic E-state index is 0.0792. The molecule has 0 atom stereocenters. The van der Waals surface area contributed by atoms with Crippen molar-refractivity contribution >= 4 is 50.7 Å². The quantitative estimate of drug-likeness (QED) is 0.551. The van der Waals surface area contributed by atoms with Crippen molar-refractivity contribution in [2.24, 2.45) is 7.05 Å². The smallest absolute Gasteiger partial charge is 0.266 e. The molecule has 3 rings (SSSR count). The summed E-state index contributed by atoms with van der Waals surface area (Å²) in [5.74, 6) is -1.11. The van der Waals surface area contributed by atoms with Crippen LogP contribution in [0.1, 0.15) is 16.1 Å². The van der Waals surface area contributed by atoms with E-state index in [4.69, 9.17) is 34.8 Å². The first-order chi connectivity index (χ1) is 14.3. The molecule has 0 saturated carbocycles. The average molecular weight is 514 g/mol. The van der Waals surface area contributed by atoms with Crippen molar-refractivity contribution in [2.75, 3.05) is 0 Å². The standard InChI is InChI=1S/C17H10Cl3F3N4O3S/c1-27-13(15-11(20)4-8(7-24-15)17(21,22)23)6-12(25-27)16(28)26-31(29,30)14-5-9(18)2-3-10(14)19/h2-7H,1H3,(H,26,28). The summed E-state index contributed by atoms with van der Waals surface area (Å²) in [5.41, 5.74) is -1.39. The van der Waals surface area contributed by atoms with Gasteiger partial charge in [0.25, 0.3) is 15.9 Å². The Kier molecular flexibility index (Phi) is 6.25. The molecule has 0 aliphatic rings. The van der Waals surface area contributed by atoms with Crippen LogP contribution in [0.25, 0.3) is 11.4 Å². The highest BCUT2D eigenvalue weighted by Gasteiger charge is 2.32. The summed E-state index contributed by atoms with van der Waals surface area (Å²) in [6, 6.07) is 5.50. The van der Waals surface area contributed by atoms with E-state index in [1.54, 1.807) is 4.72 Å². The number of hydrogen-bond acceptors (Lipinski definition) is 5. The summed E-state index contributed by atoms with van der Waals surface area (Å²) in [6.07, 6.45) is -4.05. The van der Waals surface area contributed by atoms with Gasteiger partial charge in [0.1, 0.15) is 10.6 Å². The first-order valence-electron chi connectivity index (χ1n) is 8.09. The molecule has 14 heteroatoms. The number of alkyl halides is 3. The highest BCUT2D eigenvalue weighted by Crippen LogP contribution is 2.34. The topological polar surface area (TPSA) is 94.0 Å². The van der Waals surface area contributed by atoms with Gasteiger partial charge in [0.2, 0.25) is 0 Å². The molecule has 2 aromatic heterocycles. The van der Waals surface area contributed by atoms with Crippen LogP contribution in [0.3, 0.4) is 0 Å². The molecule has 0 fully saturated rings. The summed E-state index contributed by atoms with van der Waals surface area (Å²) < 4.78 is 66.3. The zero-order valence-corrected chi connectivity index (χ0v) is 18.3. The van der Waals surface area contributed by atoms with Gasteiger partial charge in [-0.15, -0.1) is 0 Å². The number of benzene rings is 1. The highest BCUT2D eigenvalue weighted by atomic mass is 35.5. The highest BCUT2D eigenvalue weighted by molar-refractivity contribution is 7.90. The van der Waals surface area contributed by atoms with Gasteiger partial charge in [0.05, 0.1) is 21.3 Å². The maximum absolute atomic E-state index is 12.8. The van der Waals surface area contributed by atoms with Crippen LogP contribution in [0.15, 0.2) is 41.4 Å². The molecule has 0 saturated heterocycles. The number of amides is 1. The number of carbonyl (C=O) groups is 1. The molecule has 0 aliphatic carbocycles. The number of pyridine rings is 1. The van der Waals surface area contributed by atoms with Gasteiger partial charge in [-0.25, -0.2) is 13.1 Å². The second-order valence-corrected chi connectivity index (χ2v) is 9.00. The molecule has 0 aliphatic heterocycles. The molecule has 2 heterocycles. The van der Waals surface area contributed by atoms with E-state index in [1.165, 1.54) is 19.2 Å². The van der Waals surface area contributed by atoms with E-state index in [0.29, 0.717) is 12.3 Å². The number of aromatic nitrogens is 3. The van der Waals surface area contributed by atoms with E-state index in [2.05, 4.69) is 10.1 Å². The molecular formula is C17H10Cl3F3N4O3S. The number of halogens is 6. The molecule has 1 aromatic carbocycles. The van der Waals surface area contributed by atoms with Crippen LogP contribution >= 0.6 is 34.8 Å². The Morgan fingerprint density at radius 1 is 1.10 bits per heavy atom. The van der Waals surface area contributed by atoms with Crippen LogP contribution in [0.5, 0.6) is 0 Å². The van der Waals surface area contributed by atoms with Gasteiger partial charge in [0.15, 0.2) is 5.69 Å². The van der Waals surface area contributed by atoms with Crippen molar-refractivity contribution in [1.29, 1.82) is 0 Å². The van der Waals surface area contributed by atoms with Gasteiger partial charge in [0, 0.05) is 18.3 Å². The third-order valence-corrected chi connectivity index (χ3v) is 6.27.